The standard InChI is InChI=1S/C11H15ClOS/c1-8-4-5-10(14-8)11-9(7-12)3-2-6-13-11/h4-5,9,11H,2-3,6-7H2,1H3. The van der Waals surface area contributed by atoms with E-state index >= 15 is 0 Å². The first-order valence-electron chi connectivity index (χ1n) is 5.05. The van der Waals surface area contributed by atoms with Crippen LogP contribution in [-0.4, -0.2) is 12.5 Å². The van der Waals surface area contributed by atoms with Crippen molar-refractivity contribution in [3.8, 4) is 0 Å². The van der Waals surface area contributed by atoms with Gasteiger partial charge in [-0.1, -0.05) is 0 Å². The topological polar surface area (TPSA) is 9.23 Å². The maximum atomic E-state index is 5.96. The van der Waals surface area contributed by atoms with Crippen molar-refractivity contribution >= 4 is 22.9 Å². The Balaban J connectivity index is 2.14. The van der Waals surface area contributed by atoms with Crippen LogP contribution >= 0.6 is 22.9 Å². The van der Waals surface area contributed by atoms with Gasteiger partial charge in [-0.25, -0.2) is 0 Å². The minimum Gasteiger partial charge on any atom is -0.372 e. The normalized spacial score (nSPS) is 27.9. The van der Waals surface area contributed by atoms with Crippen LogP contribution in [0.1, 0.15) is 28.7 Å². The average molecular weight is 231 g/mol. The van der Waals surface area contributed by atoms with Crippen LogP contribution in [0, 0.1) is 12.8 Å². The van der Waals surface area contributed by atoms with Gasteiger partial charge in [0.15, 0.2) is 0 Å². The number of hydrogen-bond acceptors (Lipinski definition) is 2. The Morgan fingerprint density at radius 2 is 2.43 bits per heavy atom. The van der Waals surface area contributed by atoms with Gasteiger partial charge in [0.05, 0.1) is 6.10 Å². The number of thiophene rings is 1. The van der Waals surface area contributed by atoms with Crippen LogP contribution in [0.15, 0.2) is 12.1 Å². The van der Waals surface area contributed by atoms with Gasteiger partial charge in [-0.2, -0.15) is 0 Å². The minimum atomic E-state index is 0.250. The molecule has 2 unspecified atom stereocenters. The average Bonchev–Trinajstić information content (AvgIpc) is 2.65. The summed E-state index contributed by atoms with van der Waals surface area (Å²) in [5.74, 6) is 1.21. The fourth-order valence-corrected chi connectivity index (χ4v) is 3.26. The lowest BCUT2D eigenvalue weighted by atomic mass is 9.95. The fourth-order valence-electron chi connectivity index (χ4n) is 1.92. The predicted octanol–water partition coefficient (Wildman–Crippen LogP) is 3.76. The van der Waals surface area contributed by atoms with E-state index in [1.165, 1.54) is 16.2 Å². The number of hydrogen-bond donors (Lipinski definition) is 0. The van der Waals surface area contributed by atoms with Crippen LogP contribution in [0.3, 0.4) is 0 Å². The molecule has 0 bridgehead atoms. The summed E-state index contributed by atoms with van der Waals surface area (Å²) < 4.78 is 5.81. The van der Waals surface area contributed by atoms with E-state index in [1.807, 2.05) is 11.3 Å². The molecule has 0 saturated carbocycles. The Morgan fingerprint density at radius 3 is 3.07 bits per heavy atom. The molecule has 3 heteroatoms. The second-order valence-electron chi connectivity index (χ2n) is 3.80. The summed E-state index contributed by atoms with van der Waals surface area (Å²) in [5.41, 5.74) is 0. The molecule has 1 aliphatic heterocycles. The van der Waals surface area contributed by atoms with E-state index in [2.05, 4.69) is 19.1 Å². The Morgan fingerprint density at radius 1 is 1.57 bits per heavy atom. The molecule has 1 aromatic rings. The van der Waals surface area contributed by atoms with Crippen molar-refractivity contribution in [1.29, 1.82) is 0 Å². The summed E-state index contributed by atoms with van der Waals surface area (Å²) in [7, 11) is 0. The molecule has 1 aliphatic rings. The number of alkyl halides is 1. The summed E-state index contributed by atoms with van der Waals surface area (Å²) in [6.45, 7) is 3.02. The van der Waals surface area contributed by atoms with Gasteiger partial charge in [0, 0.05) is 28.2 Å². The van der Waals surface area contributed by atoms with Gasteiger partial charge in [-0.3, -0.25) is 0 Å². The van der Waals surface area contributed by atoms with Crippen LogP contribution in [0.2, 0.25) is 0 Å². The maximum Gasteiger partial charge on any atom is 0.0956 e. The largest absolute Gasteiger partial charge is 0.372 e. The molecule has 0 spiro atoms. The second-order valence-corrected chi connectivity index (χ2v) is 5.42. The van der Waals surface area contributed by atoms with Crippen molar-refractivity contribution in [2.75, 3.05) is 12.5 Å². The Kier molecular flexibility index (Phi) is 3.47. The van der Waals surface area contributed by atoms with E-state index in [1.54, 1.807) is 0 Å². The molecule has 2 rings (SSSR count). The molecule has 1 aromatic heterocycles. The first-order chi connectivity index (χ1) is 6.81. The zero-order valence-electron chi connectivity index (χ0n) is 8.33. The zero-order chi connectivity index (χ0) is 9.97. The van der Waals surface area contributed by atoms with E-state index < -0.39 is 0 Å². The molecular formula is C11H15ClOS. The molecule has 0 amide bonds. The molecule has 0 radical (unpaired) electrons. The number of aryl methyl sites for hydroxylation is 1. The highest BCUT2D eigenvalue weighted by molar-refractivity contribution is 7.12. The van der Waals surface area contributed by atoms with E-state index in [0.29, 0.717) is 11.8 Å². The van der Waals surface area contributed by atoms with Crippen LogP contribution in [0.25, 0.3) is 0 Å². The molecule has 0 aromatic carbocycles. The first kappa shape index (κ1) is 10.5. The highest BCUT2D eigenvalue weighted by Crippen LogP contribution is 2.37. The third-order valence-corrected chi connectivity index (χ3v) is 4.14. The summed E-state index contributed by atoms with van der Waals surface area (Å²) in [6.07, 6.45) is 2.60. The van der Waals surface area contributed by atoms with E-state index in [-0.39, 0.29) is 6.10 Å². The molecule has 2 heterocycles. The van der Waals surface area contributed by atoms with E-state index in [4.69, 9.17) is 16.3 Å². The van der Waals surface area contributed by atoms with Gasteiger partial charge < -0.3 is 4.74 Å². The molecular weight excluding hydrogens is 216 g/mol. The molecule has 78 valence electrons. The summed E-state index contributed by atoms with van der Waals surface area (Å²) >= 11 is 7.79. The number of rotatable bonds is 2. The smallest absolute Gasteiger partial charge is 0.0956 e. The lowest BCUT2D eigenvalue weighted by molar-refractivity contribution is -0.0186. The highest BCUT2D eigenvalue weighted by Gasteiger charge is 2.27. The Bertz CT molecular complexity index is 297. The van der Waals surface area contributed by atoms with Crippen molar-refractivity contribution in [2.45, 2.75) is 25.9 Å². The van der Waals surface area contributed by atoms with Crippen LogP contribution in [0.5, 0.6) is 0 Å². The van der Waals surface area contributed by atoms with Crippen LogP contribution < -0.4 is 0 Å². The third kappa shape index (κ3) is 2.13. The zero-order valence-corrected chi connectivity index (χ0v) is 9.90. The number of ether oxygens (including phenoxy) is 1. The monoisotopic (exact) mass is 230 g/mol. The van der Waals surface area contributed by atoms with Gasteiger partial charge in [0.1, 0.15) is 0 Å². The lowest BCUT2D eigenvalue weighted by Gasteiger charge is -2.29. The maximum absolute atomic E-state index is 5.96. The number of halogens is 1. The van der Waals surface area contributed by atoms with E-state index in [0.717, 1.165) is 13.0 Å². The molecule has 2 atom stereocenters. The van der Waals surface area contributed by atoms with Gasteiger partial charge in [-0.15, -0.1) is 22.9 Å². The highest BCUT2D eigenvalue weighted by atomic mass is 35.5. The van der Waals surface area contributed by atoms with Crippen LogP contribution in [0.4, 0.5) is 0 Å². The lowest BCUT2D eigenvalue weighted by Crippen LogP contribution is -2.22. The van der Waals surface area contributed by atoms with Crippen LogP contribution in [-0.2, 0) is 4.74 Å². The molecule has 0 N–H and O–H groups in total. The first-order valence-corrected chi connectivity index (χ1v) is 6.40. The predicted molar refractivity (Wildman–Crippen MR) is 61.2 cm³/mol. The van der Waals surface area contributed by atoms with Gasteiger partial charge >= 0.3 is 0 Å². The van der Waals surface area contributed by atoms with E-state index in [9.17, 15) is 0 Å². The second kappa shape index (κ2) is 4.65. The summed E-state index contributed by atoms with van der Waals surface area (Å²) in [4.78, 5) is 2.69. The Hall–Kier alpha value is -0.0500. The molecule has 1 fully saturated rings. The fraction of sp³-hybridized carbons (Fsp3) is 0.636. The molecule has 0 aliphatic carbocycles. The van der Waals surface area contributed by atoms with Gasteiger partial charge in [0.25, 0.3) is 0 Å². The molecule has 1 saturated heterocycles. The summed E-state index contributed by atoms with van der Waals surface area (Å²) in [5, 5.41) is 0. The summed E-state index contributed by atoms with van der Waals surface area (Å²) in [6, 6.07) is 4.33. The SMILES string of the molecule is Cc1ccc(C2OCCCC2CCl)s1. The third-order valence-electron chi connectivity index (χ3n) is 2.68. The van der Waals surface area contributed by atoms with Crippen molar-refractivity contribution in [3.05, 3.63) is 21.9 Å². The Labute approximate surface area is 94.0 Å². The van der Waals surface area contributed by atoms with Gasteiger partial charge in [-0.05, 0) is 31.9 Å². The molecule has 1 nitrogen and oxygen atoms in total. The van der Waals surface area contributed by atoms with Crippen molar-refractivity contribution in [2.24, 2.45) is 5.92 Å². The van der Waals surface area contributed by atoms with Crippen molar-refractivity contribution in [1.82, 2.24) is 0 Å². The molecule has 14 heavy (non-hydrogen) atoms. The van der Waals surface area contributed by atoms with Gasteiger partial charge in [0.2, 0.25) is 0 Å². The van der Waals surface area contributed by atoms with Crippen molar-refractivity contribution < 1.29 is 4.74 Å². The quantitative estimate of drug-likeness (QED) is 0.703. The minimum absolute atomic E-state index is 0.250. The van der Waals surface area contributed by atoms with Crippen molar-refractivity contribution in [3.63, 3.8) is 0 Å².